The molecule has 0 atom stereocenters. The van der Waals surface area contributed by atoms with Gasteiger partial charge in [-0.1, -0.05) is 23.7 Å². The number of oxazole rings is 1. The van der Waals surface area contributed by atoms with E-state index in [1.807, 2.05) is 24.3 Å². The first-order valence-corrected chi connectivity index (χ1v) is 7.30. The molecular formula is C16H16ClN3O2. The van der Waals surface area contributed by atoms with E-state index in [2.05, 4.69) is 4.98 Å². The normalized spacial score (nSPS) is 10.2. The van der Waals surface area contributed by atoms with Gasteiger partial charge in [0.2, 0.25) is 5.91 Å². The van der Waals surface area contributed by atoms with Gasteiger partial charge in [-0.25, -0.2) is 4.98 Å². The number of benzene rings is 1. The van der Waals surface area contributed by atoms with Crippen molar-refractivity contribution >= 4 is 17.5 Å². The zero-order valence-corrected chi connectivity index (χ0v) is 13.0. The van der Waals surface area contributed by atoms with Crippen LogP contribution in [0.3, 0.4) is 0 Å². The first kappa shape index (κ1) is 16.1. The molecule has 1 aromatic carbocycles. The highest BCUT2D eigenvalue weighted by Gasteiger charge is 2.13. The SMILES string of the molecule is CN(CCC#N)C(=O)CCc1ncc(-c2ccccc2Cl)o1. The lowest BCUT2D eigenvalue weighted by atomic mass is 10.2. The first-order valence-electron chi connectivity index (χ1n) is 6.92. The smallest absolute Gasteiger partial charge is 0.222 e. The fraction of sp³-hybridized carbons (Fsp3) is 0.312. The summed E-state index contributed by atoms with van der Waals surface area (Å²) in [6.07, 6.45) is 2.66. The molecule has 0 radical (unpaired) electrons. The molecule has 5 nitrogen and oxygen atoms in total. The molecule has 0 saturated heterocycles. The summed E-state index contributed by atoms with van der Waals surface area (Å²) in [7, 11) is 1.68. The maximum Gasteiger partial charge on any atom is 0.222 e. The molecule has 2 rings (SSSR count). The van der Waals surface area contributed by atoms with Crippen molar-refractivity contribution in [3.8, 4) is 17.4 Å². The number of nitriles is 1. The number of halogens is 1. The Kier molecular flexibility index (Phi) is 5.56. The van der Waals surface area contributed by atoms with Crippen LogP contribution in [0.15, 0.2) is 34.9 Å². The molecule has 0 bridgehead atoms. The summed E-state index contributed by atoms with van der Waals surface area (Å²) in [6.45, 7) is 0.436. The van der Waals surface area contributed by atoms with Crippen LogP contribution in [0.1, 0.15) is 18.7 Å². The van der Waals surface area contributed by atoms with Crippen LogP contribution in [-0.2, 0) is 11.2 Å². The van der Waals surface area contributed by atoms with Gasteiger partial charge in [0, 0.05) is 32.0 Å². The number of amides is 1. The second-order valence-electron chi connectivity index (χ2n) is 4.82. The molecule has 6 heteroatoms. The van der Waals surface area contributed by atoms with Gasteiger partial charge in [-0.15, -0.1) is 0 Å². The molecule has 0 aliphatic carbocycles. The molecule has 0 spiro atoms. The Bertz CT molecular complexity index is 691. The number of carbonyl (C=O) groups excluding carboxylic acids is 1. The van der Waals surface area contributed by atoms with Gasteiger partial charge in [-0.2, -0.15) is 5.26 Å². The topological polar surface area (TPSA) is 70.1 Å². The Hall–Kier alpha value is -2.32. The van der Waals surface area contributed by atoms with Crippen molar-refractivity contribution in [3.63, 3.8) is 0 Å². The van der Waals surface area contributed by atoms with Crippen LogP contribution in [0.5, 0.6) is 0 Å². The van der Waals surface area contributed by atoms with Crippen LogP contribution in [0.4, 0.5) is 0 Å². The average Bonchev–Trinajstić information content (AvgIpc) is 2.99. The molecule has 2 aromatic rings. The van der Waals surface area contributed by atoms with Crippen LogP contribution in [0.2, 0.25) is 5.02 Å². The third-order valence-corrected chi connectivity index (χ3v) is 3.56. The molecule has 0 aliphatic heterocycles. The van der Waals surface area contributed by atoms with Crippen LogP contribution in [0.25, 0.3) is 11.3 Å². The minimum Gasteiger partial charge on any atom is -0.441 e. The van der Waals surface area contributed by atoms with Crippen molar-refractivity contribution in [2.24, 2.45) is 0 Å². The number of aryl methyl sites for hydroxylation is 1. The van der Waals surface area contributed by atoms with Crippen LogP contribution in [-0.4, -0.2) is 29.4 Å². The predicted molar refractivity (Wildman–Crippen MR) is 83.1 cm³/mol. The Morgan fingerprint density at radius 1 is 1.45 bits per heavy atom. The number of rotatable bonds is 6. The quantitative estimate of drug-likeness (QED) is 0.819. The minimum atomic E-state index is -0.0345. The van der Waals surface area contributed by atoms with Crippen molar-refractivity contribution in [2.45, 2.75) is 19.3 Å². The number of aromatic nitrogens is 1. The van der Waals surface area contributed by atoms with Crippen LogP contribution in [0, 0.1) is 11.3 Å². The van der Waals surface area contributed by atoms with Crippen LogP contribution < -0.4 is 0 Å². The summed E-state index contributed by atoms with van der Waals surface area (Å²) < 4.78 is 5.64. The van der Waals surface area contributed by atoms with Crippen molar-refractivity contribution in [3.05, 3.63) is 41.4 Å². The van der Waals surface area contributed by atoms with E-state index in [4.69, 9.17) is 21.3 Å². The van der Waals surface area contributed by atoms with Gasteiger partial charge in [-0.3, -0.25) is 4.79 Å². The van der Waals surface area contributed by atoms with Gasteiger partial charge in [-0.05, 0) is 12.1 Å². The Morgan fingerprint density at radius 3 is 2.95 bits per heavy atom. The largest absolute Gasteiger partial charge is 0.441 e. The Balaban J connectivity index is 1.94. The van der Waals surface area contributed by atoms with E-state index in [0.29, 0.717) is 42.5 Å². The summed E-state index contributed by atoms with van der Waals surface area (Å²) in [5.74, 6) is 1.05. The highest BCUT2D eigenvalue weighted by molar-refractivity contribution is 6.33. The number of hydrogen-bond acceptors (Lipinski definition) is 4. The number of nitrogens with zero attached hydrogens (tertiary/aromatic N) is 3. The van der Waals surface area contributed by atoms with E-state index in [0.717, 1.165) is 5.56 Å². The van der Waals surface area contributed by atoms with E-state index >= 15 is 0 Å². The first-order chi connectivity index (χ1) is 10.6. The minimum absolute atomic E-state index is 0.0345. The summed E-state index contributed by atoms with van der Waals surface area (Å²) in [5.41, 5.74) is 0.778. The van der Waals surface area contributed by atoms with Gasteiger partial charge in [0.05, 0.1) is 23.7 Å². The van der Waals surface area contributed by atoms with Gasteiger partial charge in [0.15, 0.2) is 11.7 Å². The molecule has 1 amide bonds. The van der Waals surface area contributed by atoms with Crippen molar-refractivity contribution in [2.75, 3.05) is 13.6 Å². The lowest BCUT2D eigenvalue weighted by Gasteiger charge is -2.14. The molecule has 0 fully saturated rings. The highest BCUT2D eigenvalue weighted by Crippen LogP contribution is 2.28. The third-order valence-electron chi connectivity index (χ3n) is 3.23. The highest BCUT2D eigenvalue weighted by atomic mass is 35.5. The average molecular weight is 318 g/mol. The Labute approximate surface area is 134 Å². The standard InChI is InChI=1S/C16H16ClN3O2/c1-20(10-4-9-18)16(21)8-7-15-19-11-14(22-15)12-5-2-3-6-13(12)17/h2-3,5-6,11H,4,7-8,10H2,1H3. The molecule has 0 aliphatic rings. The van der Waals surface area contributed by atoms with Gasteiger partial charge in [0.1, 0.15) is 0 Å². The molecule has 0 unspecified atom stereocenters. The number of carbonyl (C=O) groups is 1. The van der Waals surface area contributed by atoms with Crippen molar-refractivity contribution in [1.82, 2.24) is 9.88 Å². The molecule has 1 heterocycles. The van der Waals surface area contributed by atoms with Crippen molar-refractivity contribution < 1.29 is 9.21 Å². The van der Waals surface area contributed by atoms with E-state index < -0.39 is 0 Å². The second-order valence-corrected chi connectivity index (χ2v) is 5.23. The second kappa shape index (κ2) is 7.62. The lowest BCUT2D eigenvalue weighted by Crippen LogP contribution is -2.27. The summed E-state index contributed by atoms with van der Waals surface area (Å²) in [5, 5.41) is 9.11. The monoisotopic (exact) mass is 317 g/mol. The molecule has 22 heavy (non-hydrogen) atoms. The lowest BCUT2D eigenvalue weighted by molar-refractivity contribution is -0.129. The van der Waals surface area contributed by atoms with E-state index in [1.54, 1.807) is 24.2 Å². The predicted octanol–water partition coefficient (Wildman–Crippen LogP) is 3.30. The van der Waals surface area contributed by atoms with E-state index in [1.165, 1.54) is 0 Å². The summed E-state index contributed by atoms with van der Waals surface area (Å²) >= 11 is 6.11. The van der Waals surface area contributed by atoms with Gasteiger partial charge >= 0.3 is 0 Å². The summed E-state index contributed by atoms with van der Waals surface area (Å²) in [6, 6.07) is 9.37. The third kappa shape index (κ3) is 4.09. The summed E-state index contributed by atoms with van der Waals surface area (Å²) in [4.78, 5) is 17.6. The fourth-order valence-corrected chi connectivity index (χ4v) is 2.19. The number of hydrogen-bond donors (Lipinski definition) is 0. The molecular weight excluding hydrogens is 302 g/mol. The Morgan fingerprint density at radius 2 is 2.23 bits per heavy atom. The van der Waals surface area contributed by atoms with Gasteiger partial charge in [0.25, 0.3) is 0 Å². The van der Waals surface area contributed by atoms with E-state index in [-0.39, 0.29) is 5.91 Å². The zero-order valence-electron chi connectivity index (χ0n) is 12.3. The maximum atomic E-state index is 11.9. The van der Waals surface area contributed by atoms with Crippen LogP contribution >= 0.6 is 11.6 Å². The molecule has 0 N–H and O–H groups in total. The van der Waals surface area contributed by atoms with Crippen molar-refractivity contribution in [1.29, 1.82) is 5.26 Å². The maximum absolute atomic E-state index is 11.9. The fourth-order valence-electron chi connectivity index (χ4n) is 1.96. The van der Waals surface area contributed by atoms with E-state index in [9.17, 15) is 4.79 Å². The molecule has 0 saturated carbocycles. The van der Waals surface area contributed by atoms with Gasteiger partial charge < -0.3 is 9.32 Å². The zero-order chi connectivity index (χ0) is 15.9. The molecule has 1 aromatic heterocycles. The molecule has 114 valence electrons.